The van der Waals surface area contributed by atoms with Crippen LogP contribution in [-0.2, 0) is 6.61 Å². The number of aryl methyl sites for hydroxylation is 2. The van der Waals surface area contributed by atoms with Gasteiger partial charge in [-0.1, -0.05) is 17.3 Å². The monoisotopic (exact) mass is 331 g/mol. The Balaban J connectivity index is 1.98. The Hall–Kier alpha value is -2.34. The van der Waals surface area contributed by atoms with Crippen molar-refractivity contribution in [1.29, 1.82) is 0 Å². The third-order valence-electron chi connectivity index (χ3n) is 3.75. The Kier molecular flexibility index (Phi) is 6.37. The van der Waals surface area contributed by atoms with Gasteiger partial charge in [0, 0.05) is 6.54 Å². The zero-order valence-electron chi connectivity index (χ0n) is 14.8. The zero-order valence-corrected chi connectivity index (χ0v) is 14.8. The van der Waals surface area contributed by atoms with Crippen LogP contribution in [0.2, 0.25) is 0 Å². The second-order valence-corrected chi connectivity index (χ2v) is 6.00. The zero-order chi connectivity index (χ0) is 17.5. The lowest BCUT2D eigenvalue weighted by Gasteiger charge is -2.13. The van der Waals surface area contributed by atoms with Crippen molar-refractivity contribution in [3.63, 3.8) is 0 Å². The van der Waals surface area contributed by atoms with E-state index in [0.717, 1.165) is 30.0 Å². The van der Waals surface area contributed by atoms with E-state index < -0.39 is 0 Å². The molecule has 0 bridgehead atoms. The normalized spacial score (nSPS) is 10.9. The topological polar surface area (TPSA) is 67.6 Å². The number of benzene rings is 1. The molecule has 0 atom stereocenters. The van der Waals surface area contributed by atoms with Gasteiger partial charge in [-0.05, 0) is 53.0 Å². The van der Waals surface area contributed by atoms with Gasteiger partial charge in [0.1, 0.15) is 18.1 Å². The van der Waals surface area contributed by atoms with Crippen LogP contribution in [0.15, 0.2) is 28.8 Å². The van der Waals surface area contributed by atoms with Gasteiger partial charge < -0.3 is 19.5 Å². The van der Waals surface area contributed by atoms with E-state index in [9.17, 15) is 4.79 Å². The molecule has 0 aliphatic rings. The van der Waals surface area contributed by atoms with E-state index >= 15 is 0 Å². The Morgan fingerprint density at radius 2 is 2.04 bits per heavy atom. The maximum atomic E-state index is 12.4. The van der Waals surface area contributed by atoms with Crippen LogP contribution in [0.1, 0.15) is 33.8 Å². The van der Waals surface area contributed by atoms with Crippen LogP contribution in [-0.4, -0.2) is 43.1 Å². The third kappa shape index (κ3) is 4.83. The molecule has 130 valence electrons. The van der Waals surface area contributed by atoms with Crippen LogP contribution in [0, 0.1) is 13.8 Å². The van der Waals surface area contributed by atoms with E-state index in [2.05, 4.69) is 15.4 Å². The van der Waals surface area contributed by atoms with E-state index in [-0.39, 0.29) is 5.91 Å². The van der Waals surface area contributed by atoms with Crippen molar-refractivity contribution in [2.75, 3.05) is 27.2 Å². The summed E-state index contributed by atoms with van der Waals surface area (Å²) < 4.78 is 11.0. The first kappa shape index (κ1) is 18.0. The average molecular weight is 331 g/mol. The van der Waals surface area contributed by atoms with Gasteiger partial charge in [-0.25, -0.2) is 0 Å². The SMILES string of the molecule is Cc1noc(C)c1COc1ccccc1C(=O)NCCCN(C)C. The summed E-state index contributed by atoms with van der Waals surface area (Å²) in [6.07, 6.45) is 0.904. The molecule has 0 saturated heterocycles. The number of nitrogens with zero attached hydrogens (tertiary/aromatic N) is 2. The van der Waals surface area contributed by atoms with E-state index in [4.69, 9.17) is 9.26 Å². The number of para-hydroxylation sites is 1. The molecular weight excluding hydrogens is 306 g/mol. The molecule has 6 nitrogen and oxygen atoms in total. The summed E-state index contributed by atoms with van der Waals surface area (Å²) in [5.74, 6) is 1.17. The van der Waals surface area contributed by atoms with Crippen molar-refractivity contribution in [2.24, 2.45) is 0 Å². The summed E-state index contributed by atoms with van der Waals surface area (Å²) in [7, 11) is 4.03. The molecule has 1 aromatic heterocycles. The third-order valence-corrected chi connectivity index (χ3v) is 3.75. The molecule has 0 fully saturated rings. The lowest BCUT2D eigenvalue weighted by Crippen LogP contribution is -2.27. The fraction of sp³-hybridized carbons (Fsp3) is 0.444. The van der Waals surface area contributed by atoms with Gasteiger partial charge in [0.05, 0.1) is 16.8 Å². The molecular formula is C18H25N3O3. The molecule has 1 amide bonds. The number of aromatic nitrogens is 1. The molecule has 24 heavy (non-hydrogen) atoms. The minimum Gasteiger partial charge on any atom is -0.488 e. The van der Waals surface area contributed by atoms with Gasteiger partial charge in [-0.2, -0.15) is 0 Å². The van der Waals surface area contributed by atoms with Gasteiger partial charge in [-0.3, -0.25) is 4.79 Å². The predicted molar refractivity (Wildman–Crippen MR) is 92.3 cm³/mol. The summed E-state index contributed by atoms with van der Waals surface area (Å²) in [6, 6.07) is 7.25. The lowest BCUT2D eigenvalue weighted by atomic mass is 10.1. The molecule has 6 heteroatoms. The quantitative estimate of drug-likeness (QED) is 0.753. The molecule has 0 saturated carbocycles. The van der Waals surface area contributed by atoms with Crippen LogP contribution in [0.5, 0.6) is 5.75 Å². The minimum atomic E-state index is -0.122. The van der Waals surface area contributed by atoms with E-state index in [1.54, 1.807) is 12.1 Å². The molecule has 2 aromatic rings. The maximum absolute atomic E-state index is 12.4. The summed E-state index contributed by atoms with van der Waals surface area (Å²) in [5.41, 5.74) is 2.25. The molecule has 1 N–H and O–H groups in total. The van der Waals surface area contributed by atoms with Crippen molar-refractivity contribution < 1.29 is 14.1 Å². The Bertz CT molecular complexity index is 660. The second kappa shape index (κ2) is 8.49. The lowest BCUT2D eigenvalue weighted by molar-refractivity contribution is 0.0948. The highest BCUT2D eigenvalue weighted by Gasteiger charge is 2.14. The summed E-state index contributed by atoms with van der Waals surface area (Å²) in [4.78, 5) is 14.5. The Morgan fingerprint density at radius 1 is 1.29 bits per heavy atom. The highest BCUT2D eigenvalue weighted by Crippen LogP contribution is 2.21. The van der Waals surface area contributed by atoms with Crippen molar-refractivity contribution in [3.8, 4) is 5.75 Å². The fourth-order valence-corrected chi connectivity index (χ4v) is 2.33. The maximum Gasteiger partial charge on any atom is 0.255 e. The Morgan fingerprint density at radius 3 is 2.71 bits per heavy atom. The smallest absolute Gasteiger partial charge is 0.255 e. The van der Waals surface area contributed by atoms with Gasteiger partial charge in [0.2, 0.25) is 0 Å². The van der Waals surface area contributed by atoms with Gasteiger partial charge in [0.15, 0.2) is 0 Å². The first-order valence-electron chi connectivity index (χ1n) is 8.05. The number of ether oxygens (including phenoxy) is 1. The van der Waals surface area contributed by atoms with E-state index in [1.165, 1.54) is 0 Å². The molecule has 0 spiro atoms. The van der Waals surface area contributed by atoms with Crippen LogP contribution in [0.3, 0.4) is 0 Å². The van der Waals surface area contributed by atoms with Crippen LogP contribution >= 0.6 is 0 Å². The summed E-state index contributed by atoms with van der Waals surface area (Å²) in [5, 5.41) is 6.85. The number of carbonyl (C=O) groups excluding carboxylic acids is 1. The number of hydrogen-bond donors (Lipinski definition) is 1. The first-order chi connectivity index (χ1) is 11.5. The number of hydrogen-bond acceptors (Lipinski definition) is 5. The molecule has 0 radical (unpaired) electrons. The standard InChI is InChI=1S/C18H25N3O3/c1-13-16(14(2)24-20-13)12-23-17-9-6-5-8-15(17)18(22)19-10-7-11-21(3)4/h5-6,8-9H,7,10-12H2,1-4H3,(H,19,22). The minimum absolute atomic E-state index is 0.122. The van der Waals surface area contributed by atoms with Gasteiger partial charge >= 0.3 is 0 Å². The summed E-state index contributed by atoms with van der Waals surface area (Å²) >= 11 is 0. The average Bonchev–Trinajstić information content (AvgIpc) is 2.88. The predicted octanol–water partition coefficient (Wildman–Crippen LogP) is 2.55. The largest absolute Gasteiger partial charge is 0.488 e. The van der Waals surface area contributed by atoms with E-state index in [0.29, 0.717) is 24.5 Å². The highest BCUT2D eigenvalue weighted by molar-refractivity contribution is 5.96. The van der Waals surface area contributed by atoms with Crippen molar-refractivity contribution in [2.45, 2.75) is 26.9 Å². The van der Waals surface area contributed by atoms with E-state index in [1.807, 2.05) is 40.1 Å². The number of carbonyl (C=O) groups is 1. The molecule has 0 aliphatic heterocycles. The highest BCUT2D eigenvalue weighted by atomic mass is 16.5. The van der Waals surface area contributed by atoms with Crippen LogP contribution in [0.4, 0.5) is 0 Å². The molecule has 1 heterocycles. The van der Waals surface area contributed by atoms with Crippen molar-refractivity contribution >= 4 is 5.91 Å². The van der Waals surface area contributed by atoms with Gasteiger partial charge in [-0.15, -0.1) is 0 Å². The first-order valence-corrected chi connectivity index (χ1v) is 8.05. The second-order valence-electron chi connectivity index (χ2n) is 6.00. The van der Waals surface area contributed by atoms with Crippen molar-refractivity contribution in [1.82, 2.24) is 15.4 Å². The summed E-state index contributed by atoms with van der Waals surface area (Å²) in [6.45, 7) is 5.62. The molecule has 0 aliphatic carbocycles. The molecule has 1 aromatic carbocycles. The number of rotatable bonds is 8. The molecule has 0 unspecified atom stereocenters. The van der Waals surface area contributed by atoms with Crippen LogP contribution in [0.25, 0.3) is 0 Å². The Labute approximate surface area is 142 Å². The molecule has 2 rings (SSSR count). The fourth-order valence-electron chi connectivity index (χ4n) is 2.33. The van der Waals surface area contributed by atoms with Crippen molar-refractivity contribution in [3.05, 3.63) is 46.8 Å². The van der Waals surface area contributed by atoms with Crippen LogP contribution < -0.4 is 10.1 Å². The number of nitrogens with one attached hydrogen (secondary N) is 1. The number of amides is 1. The van der Waals surface area contributed by atoms with Gasteiger partial charge in [0.25, 0.3) is 5.91 Å².